The Morgan fingerprint density at radius 1 is 1.12 bits per heavy atom. The molecule has 0 aromatic heterocycles. The molecule has 0 aromatic carbocycles. The summed E-state index contributed by atoms with van der Waals surface area (Å²) in [5.74, 6) is 1.77. The van der Waals surface area contributed by atoms with Gasteiger partial charge in [0, 0.05) is 18.8 Å². The lowest BCUT2D eigenvalue weighted by Gasteiger charge is -2.46. The Morgan fingerprint density at radius 3 is 2.53 bits per heavy atom. The fourth-order valence-corrected chi connectivity index (χ4v) is 7.10. The maximum atomic E-state index is 13.6. The number of hydrogen-bond acceptors (Lipinski definition) is 5. The summed E-state index contributed by atoms with van der Waals surface area (Å²) in [7, 11) is 1.44. The monoisotopic (exact) mass is 446 g/mol. The van der Waals surface area contributed by atoms with E-state index in [-0.39, 0.29) is 23.5 Å². The van der Waals surface area contributed by atoms with Crippen LogP contribution in [0.4, 0.5) is 0 Å². The molecule has 3 aliphatic carbocycles. The van der Waals surface area contributed by atoms with E-state index in [0.29, 0.717) is 41.8 Å². The summed E-state index contributed by atoms with van der Waals surface area (Å²) < 4.78 is 10.4. The molecule has 180 valence electrons. The highest BCUT2D eigenvalue weighted by Gasteiger charge is 2.57. The summed E-state index contributed by atoms with van der Waals surface area (Å²) in [5, 5.41) is 0. The third-order valence-electron chi connectivity index (χ3n) is 8.90. The van der Waals surface area contributed by atoms with Crippen molar-refractivity contribution >= 4 is 17.7 Å². The second-order valence-electron chi connectivity index (χ2n) is 10.8. The molecule has 0 spiro atoms. The minimum absolute atomic E-state index is 0.00294. The zero-order valence-electron chi connectivity index (χ0n) is 20.7. The van der Waals surface area contributed by atoms with E-state index in [4.69, 9.17) is 9.47 Å². The SMILES string of the molecule is COC(=O)CCC(C)C1CCC2C3CCCCC(OC(C)=O)CCC(C)C3=CC(=O)C12C. The Balaban J connectivity index is 1.79. The lowest BCUT2D eigenvalue weighted by Crippen LogP contribution is -2.46. The van der Waals surface area contributed by atoms with Gasteiger partial charge in [-0.3, -0.25) is 14.4 Å². The normalized spacial score (nSPS) is 36.3. The number of methoxy groups -OCH3 is 1. The fraction of sp³-hybridized carbons (Fsp3) is 0.815. The van der Waals surface area contributed by atoms with Gasteiger partial charge in [0.25, 0.3) is 0 Å². The highest BCUT2D eigenvalue weighted by Crippen LogP contribution is 2.60. The van der Waals surface area contributed by atoms with Gasteiger partial charge in [-0.1, -0.05) is 32.8 Å². The van der Waals surface area contributed by atoms with Crippen LogP contribution in [0.2, 0.25) is 0 Å². The van der Waals surface area contributed by atoms with Crippen molar-refractivity contribution in [2.24, 2.45) is 35.0 Å². The smallest absolute Gasteiger partial charge is 0.305 e. The molecule has 32 heavy (non-hydrogen) atoms. The zero-order chi connectivity index (χ0) is 23.5. The number of rotatable bonds is 5. The van der Waals surface area contributed by atoms with E-state index in [2.05, 4.69) is 20.8 Å². The third kappa shape index (κ3) is 5.12. The second kappa shape index (κ2) is 10.5. The first-order chi connectivity index (χ1) is 15.2. The molecule has 7 atom stereocenters. The lowest BCUT2D eigenvalue weighted by atomic mass is 9.56. The molecule has 7 unspecified atom stereocenters. The molecule has 5 heteroatoms. The number of fused-ring (bicyclic) bond motifs is 3. The first kappa shape index (κ1) is 25.0. The number of ketones is 1. The van der Waals surface area contributed by atoms with E-state index in [1.165, 1.54) is 19.6 Å². The molecule has 3 rings (SSSR count). The highest BCUT2D eigenvalue weighted by molar-refractivity contribution is 5.97. The van der Waals surface area contributed by atoms with Crippen LogP contribution < -0.4 is 0 Å². The molecule has 0 N–H and O–H groups in total. The van der Waals surface area contributed by atoms with Crippen LogP contribution in [-0.4, -0.2) is 30.9 Å². The topological polar surface area (TPSA) is 69.7 Å². The van der Waals surface area contributed by atoms with Gasteiger partial charge in [0.1, 0.15) is 6.10 Å². The van der Waals surface area contributed by atoms with Crippen molar-refractivity contribution in [3.05, 3.63) is 11.6 Å². The number of hydrogen-bond donors (Lipinski definition) is 0. The van der Waals surface area contributed by atoms with E-state index in [9.17, 15) is 14.4 Å². The summed E-state index contributed by atoms with van der Waals surface area (Å²) in [6, 6.07) is 0. The Bertz CT molecular complexity index is 740. The van der Waals surface area contributed by atoms with Gasteiger partial charge in [-0.2, -0.15) is 0 Å². The van der Waals surface area contributed by atoms with Gasteiger partial charge in [0.05, 0.1) is 7.11 Å². The molecule has 2 fully saturated rings. The first-order valence-electron chi connectivity index (χ1n) is 12.7. The number of allylic oxidation sites excluding steroid dienone is 2. The van der Waals surface area contributed by atoms with Crippen molar-refractivity contribution in [1.82, 2.24) is 0 Å². The molecule has 2 saturated carbocycles. The van der Waals surface area contributed by atoms with E-state index in [0.717, 1.165) is 57.8 Å². The minimum Gasteiger partial charge on any atom is -0.469 e. The molecule has 0 aromatic rings. The van der Waals surface area contributed by atoms with Crippen LogP contribution in [0.25, 0.3) is 0 Å². The van der Waals surface area contributed by atoms with Crippen molar-refractivity contribution in [1.29, 1.82) is 0 Å². The Hall–Kier alpha value is -1.65. The average Bonchev–Trinajstić information content (AvgIpc) is 3.11. The molecule has 0 bridgehead atoms. The maximum absolute atomic E-state index is 13.6. The van der Waals surface area contributed by atoms with Gasteiger partial charge in [-0.15, -0.1) is 0 Å². The van der Waals surface area contributed by atoms with Crippen LogP contribution in [0.5, 0.6) is 0 Å². The predicted molar refractivity (Wildman–Crippen MR) is 124 cm³/mol. The van der Waals surface area contributed by atoms with E-state index in [1.54, 1.807) is 0 Å². The Labute approximate surface area is 193 Å². The first-order valence-corrected chi connectivity index (χ1v) is 12.7. The van der Waals surface area contributed by atoms with Crippen LogP contribution in [0.15, 0.2) is 11.6 Å². The zero-order valence-corrected chi connectivity index (χ0v) is 20.7. The highest BCUT2D eigenvalue weighted by atomic mass is 16.5. The van der Waals surface area contributed by atoms with Gasteiger partial charge >= 0.3 is 11.9 Å². The molecule has 5 nitrogen and oxygen atoms in total. The Morgan fingerprint density at radius 2 is 1.84 bits per heavy atom. The lowest BCUT2D eigenvalue weighted by molar-refractivity contribution is -0.147. The quantitative estimate of drug-likeness (QED) is 0.510. The molecule has 0 amide bonds. The second-order valence-corrected chi connectivity index (χ2v) is 10.8. The van der Waals surface area contributed by atoms with Crippen LogP contribution in [-0.2, 0) is 23.9 Å². The van der Waals surface area contributed by atoms with Crippen LogP contribution in [0.1, 0.15) is 91.9 Å². The molecule has 0 radical (unpaired) electrons. The Kier molecular flexibility index (Phi) is 8.21. The molecule has 0 aliphatic heterocycles. The maximum Gasteiger partial charge on any atom is 0.305 e. The van der Waals surface area contributed by atoms with Crippen molar-refractivity contribution < 1.29 is 23.9 Å². The molecule has 0 heterocycles. The van der Waals surface area contributed by atoms with Crippen LogP contribution >= 0.6 is 0 Å². The van der Waals surface area contributed by atoms with Crippen molar-refractivity contribution in [3.8, 4) is 0 Å². The summed E-state index contributed by atoms with van der Waals surface area (Å²) >= 11 is 0. The van der Waals surface area contributed by atoms with Crippen molar-refractivity contribution in [2.75, 3.05) is 7.11 Å². The van der Waals surface area contributed by atoms with Crippen molar-refractivity contribution in [3.63, 3.8) is 0 Å². The van der Waals surface area contributed by atoms with Crippen LogP contribution in [0.3, 0.4) is 0 Å². The minimum atomic E-state index is -0.326. The van der Waals surface area contributed by atoms with Crippen LogP contribution in [0, 0.1) is 35.0 Å². The molecular formula is C27H42O5. The number of carbonyl (C=O) groups excluding carboxylic acids is 3. The van der Waals surface area contributed by atoms with E-state index >= 15 is 0 Å². The van der Waals surface area contributed by atoms with Gasteiger partial charge < -0.3 is 9.47 Å². The average molecular weight is 447 g/mol. The van der Waals surface area contributed by atoms with Gasteiger partial charge in [0.15, 0.2) is 5.78 Å². The summed E-state index contributed by atoms with van der Waals surface area (Å²) in [6.07, 6.45) is 11.4. The van der Waals surface area contributed by atoms with E-state index in [1.807, 2.05) is 6.08 Å². The molecule has 0 saturated heterocycles. The summed E-state index contributed by atoms with van der Waals surface area (Å²) in [5.41, 5.74) is 1.01. The van der Waals surface area contributed by atoms with Gasteiger partial charge in [-0.25, -0.2) is 0 Å². The van der Waals surface area contributed by atoms with E-state index < -0.39 is 0 Å². The third-order valence-corrected chi connectivity index (χ3v) is 8.90. The predicted octanol–water partition coefficient (Wildman–Crippen LogP) is 5.66. The van der Waals surface area contributed by atoms with Crippen molar-refractivity contribution in [2.45, 2.75) is 98.0 Å². The number of carbonyl (C=O) groups is 3. The standard InChI is InChI=1S/C27H42O5/c1-17-10-12-20(32-19(3)28)8-6-7-9-21-22(17)16-25(29)27(4)23(13-14-24(21)27)18(2)11-15-26(30)31-5/h16-18,20-21,23-24H,6-15H2,1-5H3. The molecule has 3 aliphatic rings. The van der Waals surface area contributed by atoms with Gasteiger partial charge in [0.2, 0.25) is 0 Å². The fourth-order valence-electron chi connectivity index (χ4n) is 7.10. The summed E-state index contributed by atoms with van der Waals surface area (Å²) in [4.78, 5) is 36.8. The van der Waals surface area contributed by atoms with Gasteiger partial charge in [-0.05, 0) is 87.0 Å². The number of ether oxygens (including phenoxy) is 2. The summed E-state index contributed by atoms with van der Waals surface area (Å²) in [6.45, 7) is 8.15. The molecular weight excluding hydrogens is 404 g/mol. The largest absolute Gasteiger partial charge is 0.469 e. The number of esters is 2.